The lowest BCUT2D eigenvalue weighted by molar-refractivity contribution is 0.376. The molecule has 0 saturated carbocycles. The Balaban J connectivity index is 2.10. The van der Waals surface area contributed by atoms with E-state index in [-0.39, 0.29) is 0 Å². The van der Waals surface area contributed by atoms with Gasteiger partial charge in [-0.05, 0) is 25.1 Å². The first-order valence-electron chi connectivity index (χ1n) is 5.02. The van der Waals surface area contributed by atoms with E-state index in [0.29, 0.717) is 6.04 Å². The van der Waals surface area contributed by atoms with E-state index in [1.54, 1.807) is 0 Å². The fraction of sp³-hybridized carbons (Fsp3) is 0.250. The fourth-order valence-corrected chi connectivity index (χ4v) is 1.82. The Morgan fingerprint density at radius 3 is 2.79 bits per heavy atom. The minimum atomic E-state index is 0.486. The molecule has 1 N–H and O–H groups in total. The molecule has 1 atom stereocenters. The molecule has 1 aliphatic heterocycles. The normalized spacial score (nSPS) is 20.7. The van der Waals surface area contributed by atoms with Gasteiger partial charge in [-0.15, -0.1) is 0 Å². The van der Waals surface area contributed by atoms with Gasteiger partial charge in [-0.3, -0.25) is 4.98 Å². The van der Waals surface area contributed by atoms with E-state index in [0.717, 1.165) is 12.1 Å². The summed E-state index contributed by atoms with van der Waals surface area (Å²) in [5.41, 5.74) is 2.27. The lowest BCUT2D eigenvalue weighted by Gasteiger charge is -2.27. The molecule has 2 heteroatoms. The number of rotatable bonds is 1. The molecule has 0 spiro atoms. The summed E-state index contributed by atoms with van der Waals surface area (Å²) >= 11 is 0. The first-order chi connectivity index (χ1) is 6.93. The second-order valence-corrected chi connectivity index (χ2v) is 3.72. The highest BCUT2D eigenvalue weighted by Gasteiger charge is 2.19. The average molecular weight is 184 g/mol. The molecule has 0 unspecified atom stereocenters. The van der Waals surface area contributed by atoms with Gasteiger partial charge in [0.25, 0.3) is 0 Å². The van der Waals surface area contributed by atoms with Gasteiger partial charge in [-0.1, -0.05) is 24.3 Å². The molecule has 2 nitrogen and oxygen atoms in total. The Morgan fingerprint density at radius 2 is 2.00 bits per heavy atom. The summed E-state index contributed by atoms with van der Waals surface area (Å²) in [5, 5.41) is 4.58. The number of pyridine rings is 1. The van der Waals surface area contributed by atoms with Crippen molar-refractivity contribution in [3.05, 3.63) is 42.1 Å². The lowest BCUT2D eigenvalue weighted by Crippen LogP contribution is -2.35. The van der Waals surface area contributed by atoms with Crippen molar-refractivity contribution in [3.8, 4) is 0 Å². The Morgan fingerprint density at radius 1 is 1.14 bits per heavy atom. The van der Waals surface area contributed by atoms with Crippen LogP contribution in [0.15, 0.2) is 36.4 Å². The fourth-order valence-electron chi connectivity index (χ4n) is 1.82. The van der Waals surface area contributed by atoms with E-state index in [9.17, 15) is 0 Å². The number of nitrogens with zero attached hydrogens (tertiary/aromatic N) is 1. The zero-order valence-electron chi connectivity index (χ0n) is 7.90. The van der Waals surface area contributed by atoms with Crippen molar-refractivity contribution in [2.24, 2.45) is 0 Å². The van der Waals surface area contributed by atoms with Crippen LogP contribution in [-0.2, 0) is 0 Å². The molecule has 2 aromatic rings. The smallest absolute Gasteiger partial charge is 0.0706 e. The van der Waals surface area contributed by atoms with Gasteiger partial charge in [0, 0.05) is 5.39 Å². The van der Waals surface area contributed by atoms with Gasteiger partial charge in [0.15, 0.2) is 0 Å². The average Bonchev–Trinajstić information content (AvgIpc) is 2.15. The van der Waals surface area contributed by atoms with Crippen LogP contribution in [0.4, 0.5) is 0 Å². The summed E-state index contributed by atoms with van der Waals surface area (Å²) < 4.78 is 0. The van der Waals surface area contributed by atoms with Crippen molar-refractivity contribution in [2.75, 3.05) is 6.54 Å². The third-order valence-corrected chi connectivity index (χ3v) is 2.80. The van der Waals surface area contributed by atoms with Gasteiger partial charge in [0.1, 0.15) is 0 Å². The van der Waals surface area contributed by atoms with E-state index in [2.05, 4.69) is 34.6 Å². The monoisotopic (exact) mass is 184 g/mol. The quantitative estimate of drug-likeness (QED) is 0.735. The van der Waals surface area contributed by atoms with Crippen LogP contribution in [0.1, 0.15) is 18.2 Å². The van der Waals surface area contributed by atoms with Crippen molar-refractivity contribution in [3.63, 3.8) is 0 Å². The van der Waals surface area contributed by atoms with Crippen LogP contribution in [0, 0.1) is 0 Å². The van der Waals surface area contributed by atoms with Gasteiger partial charge >= 0.3 is 0 Å². The van der Waals surface area contributed by atoms with Gasteiger partial charge in [0.2, 0.25) is 0 Å². The van der Waals surface area contributed by atoms with Crippen LogP contribution in [0.25, 0.3) is 10.9 Å². The van der Waals surface area contributed by atoms with Crippen molar-refractivity contribution in [1.82, 2.24) is 10.3 Å². The zero-order chi connectivity index (χ0) is 9.38. The maximum atomic E-state index is 4.63. The van der Waals surface area contributed by atoms with Gasteiger partial charge < -0.3 is 5.32 Å². The third-order valence-electron chi connectivity index (χ3n) is 2.80. The first kappa shape index (κ1) is 7.94. The molecule has 70 valence electrons. The zero-order valence-corrected chi connectivity index (χ0v) is 7.90. The van der Waals surface area contributed by atoms with Crippen LogP contribution < -0.4 is 5.32 Å². The van der Waals surface area contributed by atoms with Crippen molar-refractivity contribution >= 4 is 10.9 Å². The lowest BCUT2D eigenvalue weighted by atomic mass is 10.0. The molecule has 1 saturated heterocycles. The van der Waals surface area contributed by atoms with Crippen LogP contribution in [0.5, 0.6) is 0 Å². The predicted octanol–water partition coefficient (Wildman–Crippen LogP) is 2.27. The molecule has 2 heterocycles. The Labute approximate surface area is 83.0 Å². The SMILES string of the molecule is c1ccc2nc([C@H]3CCN3)ccc2c1. The second-order valence-electron chi connectivity index (χ2n) is 3.72. The summed E-state index contributed by atoms with van der Waals surface area (Å²) in [6.45, 7) is 1.12. The Kier molecular flexibility index (Phi) is 1.74. The van der Waals surface area contributed by atoms with Gasteiger partial charge in [-0.25, -0.2) is 0 Å². The van der Waals surface area contributed by atoms with Crippen molar-refractivity contribution < 1.29 is 0 Å². The number of fused-ring (bicyclic) bond motifs is 1. The highest BCUT2D eigenvalue weighted by Crippen LogP contribution is 2.22. The van der Waals surface area contributed by atoms with E-state index >= 15 is 0 Å². The summed E-state index contributed by atoms with van der Waals surface area (Å²) in [6.07, 6.45) is 1.21. The molecule has 3 rings (SSSR count). The highest BCUT2D eigenvalue weighted by molar-refractivity contribution is 5.78. The number of para-hydroxylation sites is 1. The number of aromatic nitrogens is 1. The van der Waals surface area contributed by atoms with Crippen LogP contribution in [-0.4, -0.2) is 11.5 Å². The standard InChI is InChI=1S/C12H12N2/c1-2-4-10-9(3-1)5-6-12(14-10)11-7-8-13-11/h1-6,11,13H,7-8H2/t11-/m1/s1. The maximum absolute atomic E-state index is 4.63. The molecule has 1 aromatic heterocycles. The van der Waals surface area contributed by atoms with E-state index in [1.165, 1.54) is 17.5 Å². The summed E-state index contributed by atoms with van der Waals surface area (Å²) in [4.78, 5) is 4.63. The number of benzene rings is 1. The van der Waals surface area contributed by atoms with Crippen LogP contribution >= 0.6 is 0 Å². The molecule has 1 aromatic carbocycles. The third kappa shape index (κ3) is 1.19. The maximum Gasteiger partial charge on any atom is 0.0706 e. The van der Waals surface area contributed by atoms with E-state index in [1.807, 2.05) is 12.1 Å². The van der Waals surface area contributed by atoms with Crippen LogP contribution in [0.2, 0.25) is 0 Å². The topological polar surface area (TPSA) is 24.9 Å². The molecule has 0 amide bonds. The Bertz CT molecular complexity index is 461. The van der Waals surface area contributed by atoms with Crippen molar-refractivity contribution in [1.29, 1.82) is 0 Å². The summed E-state index contributed by atoms with van der Waals surface area (Å²) in [6, 6.07) is 13.0. The van der Waals surface area contributed by atoms with Crippen LogP contribution in [0.3, 0.4) is 0 Å². The minimum absolute atomic E-state index is 0.486. The summed E-state index contributed by atoms with van der Waals surface area (Å²) in [7, 11) is 0. The number of nitrogens with one attached hydrogen (secondary N) is 1. The molecule has 1 fully saturated rings. The van der Waals surface area contributed by atoms with Crippen molar-refractivity contribution in [2.45, 2.75) is 12.5 Å². The second kappa shape index (κ2) is 3.07. The van der Waals surface area contributed by atoms with Gasteiger partial charge in [-0.2, -0.15) is 0 Å². The minimum Gasteiger partial charge on any atom is -0.309 e. The largest absolute Gasteiger partial charge is 0.309 e. The highest BCUT2D eigenvalue weighted by atomic mass is 15.0. The van der Waals surface area contributed by atoms with E-state index < -0.39 is 0 Å². The number of hydrogen-bond donors (Lipinski definition) is 1. The molecule has 0 aliphatic carbocycles. The molecule has 0 bridgehead atoms. The first-order valence-corrected chi connectivity index (χ1v) is 5.02. The van der Waals surface area contributed by atoms with Gasteiger partial charge in [0.05, 0.1) is 17.3 Å². The Hall–Kier alpha value is -1.41. The number of hydrogen-bond acceptors (Lipinski definition) is 2. The predicted molar refractivity (Wildman–Crippen MR) is 57.1 cm³/mol. The molecular formula is C12H12N2. The molecular weight excluding hydrogens is 172 g/mol. The van der Waals surface area contributed by atoms with E-state index in [4.69, 9.17) is 0 Å². The molecule has 0 radical (unpaired) electrons. The molecule has 1 aliphatic rings. The summed E-state index contributed by atoms with van der Waals surface area (Å²) in [5.74, 6) is 0. The molecule has 14 heavy (non-hydrogen) atoms.